The summed E-state index contributed by atoms with van der Waals surface area (Å²) in [6, 6.07) is 19.3. The number of rotatable bonds is 9. The minimum Gasteiger partial charge on any atom is -0.459 e. The highest BCUT2D eigenvalue weighted by Gasteiger charge is 2.51. The van der Waals surface area contributed by atoms with Crippen molar-refractivity contribution in [2.75, 3.05) is 37.9 Å². The van der Waals surface area contributed by atoms with Crippen molar-refractivity contribution in [3.8, 4) is 5.69 Å². The number of nitrogens with zero attached hydrogens (tertiary/aromatic N) is 4. The SMILES string of the molecule is CCOC1OC(C(=O)N2CCC3(CC2)C(=O)NCN3c2ccccc2)=CC(c2c(C)n(C)n(-c3ccccc3)c2=O)C1CCCO. The third-order valence-corrected chi connectivity index (χ3v) is 9.84. The molecule has 0 aliphatic carbocycles. The molecule has 2 fully saturated rings. The molecule has 2 amide bonds. The number of aromatic nitrogens is 2. The number of nitrogens with one attached hydrogen (secondary N) is 1. The van der Waals surface area contributed by atoms with Crippen molar-refractivity contribution >= 4 is 17.5 Å². The molecule has 0 saturated carbocycles. The van der Waals surface area contributed by atoms with Gasteiger partial charge in [0.2, 0.25) is 12.2 Å². The standard InChI is InChI=1S/C35H43N5O6/c1-4-45-33-27(16-11-21-41)28(30-24(2)37(3)40(32(30)43)26-14-9-6-10-15-26)22-29(46-33)31(42)38-19-17-35(18-20-38)34(44)36-23-39(35)25-12-7-5-8-13-25/h5-10,12-15,22,27-28,33,41H,4,11,16-21,23H2,1-3H3,(H,36,44). The Labute approximate surface area is 269 Å². The smallest absolute Gasteiger partial charge is 0.288 e. The van der Waals surface area contributed by atoms with E-state index in [0.717, 1.165) is 17.1 Å². The van der Waals surface area contributed by atoms with E-state index in [-0.39, 0.29) is 35.7 Å². The summed E-state index contributed by atoms with van der Waals surface area (Å²) in [5.41, 5.74) is 2.17. The zero-order chi connectivity index (χ0) is 32.4. The Morgan fingerprint density at radius 2 is 1.70 bits per heavy atom. The third-order valence-electron chi connectivity index (χ3n) is 9.84. The number of amides is 2. The van der Waals surface area contributed by atoms with Gasteiger partial charge in [-0.1, -0.05) is 36.4 Å². The van der Waals surface area contributed by atoms with Crippen LogP contribution in [0.5, 0.6) is 0 Å². The second-order valence-corrected chi connectivity index (χ2v) is 12.3. The second-order valence-electron chi connectivity index (χ2n) is 12.3. The van der Waals surface area contributed by atoms with E-state index in [1.165, 1.54) is 0 Å². The van der Waals surface area contributed by atoms with Crippen molar-refractivity contribution in [3.05, 3.63) is 94.1 Å². The molecule has 2 aromatic carbocycles. The maximum atomic E-state index is 14.1. The molecular weight excluding hydrogens is 586 g/mol. The number of ether oxygens (including phenoxy) is 2. The summed E-state index contributed by atoms with van der Waals surface area (Å²) in [6.07, 6.45) is 2.99. The first-order chi connectivity index (χ1) is 22.3. The topological polar surface area (TPSA) is 118 Å². The average Bonchev–Trinajstić information content (AvgIpc) is 3.51. The zero-order valence-corrected chi connectivity index (χ0v) is 26.7. The number of hydrogen-bond donors (Lipinski definition) is 2. The summed E-state index contributed by atoms with van der Waals surface area (Å²) in [5, 5.41) is 12.7. The summed E-state index contributed by atoms with van der Waals surface area (Å²) in [6.45, 7) is 5.30. The molecule has 3 aliphatic rings. The number of para-hydroxylation sites is 2. The molecule has 2 N–H and O–H groups in total. The predicted octanol–water partition coefficient (Wildman–Crippen LogP) is 3.19. The molecule has 3 aromatic rings. The summed E-state index contributed by atoms with van der Waals surface area (Å²) in [4.78, 5) is 45.3. The van der Waals surface area contributed by atoms with Crippen LogP contribution in [-0.4, -0.2) is 76.0 Å². The van der Waals surface area contributed by atoms with Gasteiger partial charge in [0.05, 0.1) is 12.4 Å². The molecule has 11 nitrogen and oxygen atoms in total. The van der Waals surface area contributed by atoms with Gasteiger partial charge in [-0.05, 0) is 69.9 Å². The van der Waals surface area contributed by atoms with Crippen molar-refractivity contribution in [2.45, 2.75) is 57.3 Å². The monoisotopic (exact) mass is 629 g/mol. The lowest BCUT2D eigenvalue weighted by molar-refractivity contribution is -0.171. The zero-order valence-electron chi connectivity index (χ0n) is 26.7. The van der Waals surface area contributed by atoms with Gasteiger partial charge in [-0.25, -0.2) is 4.68 Å². The summed E-state index contributed by atoms with van der Waals surface area (Å²) in [7, 11) is 1.85. The molecular formula is C35H43N5O6. The fourth-order valence-electron chi connectivity index (χ4n) is 7.33. The Bertz CT molecular complexity index is 1640. The number of aliphatic hydroxyl groups excluding tert-OH is 1. The Kier molecular flexibility index (Phi) is 9.06. The molecule has 1 aromatic heterocycles. The normalized spacial score (nSPS) is 22.5. The lowest BCUT2D eigenvalue weighted by atomic mass is 9.80. The molecule has 3 atom stereocenters. The van der Waals surface area contributed by atoms with Gasteiger partial charge in [0.25, 0.3) is 11.5 Å². The Hall–Kier alpha value is -4.35. The average molecular weight is 630 g/mol. The Balaban J connectivity index is 1.32. The van der Waals surface area contributed by atoms with Gasteiger partial charge in [-0.15, -0.1) is 0 Å². The van der Waals surface area contributed by atoms with Crippen molar-refractivity contribution in [3.63, 3.8) is 0 Å². The first kappa shape index (κ1) is 31.6. The van der Waals surface area contributed by atoms with E-state index in [9.17, 15) is 19.5 Å². The van der Waals surface area contributed by atoms with Crippen molar-refractivity contribution < 1.29 is 24.2 Å². The Morgan fingerprint density at radius 3 is 2.33 bits per heavy atom. The minimum atomic E-state index is -0.778. The molecule has 3 unspecified atom stereocenters. The van der Waals surface area contributed by atoms with E-state index >= 15 is 0 Å². The molecule has 244 valence electrons. The van der Waals surface area contributed by atoms with Gasteiger partial charge in [-0.2, -0.15) is 0 Å². The lowest BCUT2D eigenvalue weighted by Gasteiger charge is -2.44. The van der Waals surface area contributed by atoms with E-state index in [1.54, 1.807) is 15.7 Å². The van der Waals surface area contributed by atoms with Crippen LogP contribution in [0.2, 0.25) is 0 Å². The van der Waals surface area contributed by atoms with E-state index in [2.05, 4.69) is 10.2 Å². The van der Waals surface area contributed by atoms with Crippen LogP contribution < -0.4 is 15.8 Å². The minimum absolute atomic E-state index is 0.0112. The van der Waals surface area contributed by atoms with Gasteiger partial charge in [-0.3, -0.25) is 19.1 Å². The van der Waals surface area contributed by atoms with Gasteiger partial charge < -0.3 is 29.7 Å². The van der Waals surface area contributed by atoms with Gasteiger partial charge in [0.1, 0.15) is 5.54 Å². The van der Waals surface area contributed by atoms with Crippen LogP contribution in [0.1, 0.15) is 49.8 Å². The fraction of sp³-hybridized carbons (Fsp3) is 0.457. The van der Waals surface area contributed by atoms with Crippen LogP contribution in [0, 0.1) is 12.8 Å². The maximum Gasteiger partial charge on any atom is 0.288 e. The quantitative estimate of drug-likeness (QED) is 0.373. The molecule has 0 radical (unpaired) electrons. The molecule has 6 rings (SSSR count). The summed E-state index contributed by atoms with van der Waals surface area (Å²) in [5.74, 6) is -0.942. The van der Waals surface area contributed by atoms with Crippen LogP contribution >= 0.6 is 0 Å². The number of aliphatic hydroxyl groups is 1. The molecule has 3 aliphatic heterocycles. The van der Waals surface area contributed by atoms with Crippen LogP contribution in [0.4, 0.5) is 5.69 Å². The van der Waals surface area contributed by atoms with Gasteiger partial charge >= 0.3 is 0 Å². The highest BCUT2D eigenvalue weighted by molar-refractivity contribution is 5.95. The summed E-state index contributed by atoms with van der Waals surface area (Å²) >= 11 is 0. The number of allylic oxidation sites excluding steroid dienone is 1. The molecule has 4 heterocycles. The van der Waals surface area contributed by atoms with E-state index < -0.39 is 17.7 Å². The van der Waals surface area contributed by atoms with Crippen LogP contribution in [0.15, 0.2) is 77.3 Å². The van der Waals surface area contributed by atoms with Crippen molar-refractivity contribution in [1.29, 1.82) is 0 Å². The second kappa shape index (κ2) is 13.2. The number of hydrogen-bond acceptors (Lipinski definition) is 7. The molecule has 11 heteroatoms. The molecule has 2 saturated heterocycles. The molecule has 0 bridgehead atoms. The first-order valence-electron chi connectivity index (χ1n) is 16.2. The maximum absolute atomic E-state index is 14.1. The van der Waals surface area contributed by atoms with Crippen molar-refractivity contribution in [2.24, 2.45) is 13.0 Å². The van der Waals surface area contributed by atoms with Gasteiger partial charge in [0.15, 0.2) is 5.76 Å². The molecule has 46 heavy (non-hydrogen) atoms. The number of likely N-dealkylation sites (tertiary alicyclic amines) is 1. The van der Waals surface area contributed by atoms with Crippen LogP contribution in [0.3, 0.4) is 0 Å². The van der Waals surface area contributed by atoms with Crippen molar-refractivity contribution in [1.82, 2.24) is 19.6 Å². The molecule has 1 spiro atoms. The number of anilines is 1. The fourth-order valence-corrected chi connectivity index (χ4v) is 7.33. The van der Waals surface area contributed by atoms with Crippen LogP contribution in [0.25, 0.3) is 5.69 Å². The van der Waals surface area contributed by atoms with E-state index in [0.29, 0.717) is 57.6 Å². The third kappa shape index (κ3) is 5.51. The lowest BCUT2D eigenvalue weighted by Crippen LogP contribution is -2.57. The number of carbonyl (C=O) groups excluding carboxylic acids is 2. The largest absolute Gasteiger partial charge is 0.459 e. The predicted molar refractivity (Wildman–Crippen MR) is 173 cm³/mol. The Morgan fingerprint density at radius 1 is 1.04 bits per heavy atom. The summed E-state index contributed by atoms with van der Waals surface area (Å²) < 4.78 is 15.9. The van der Waals surface area contributed by atoms with E-state index in [4.69, 9.17) is 9.47 Å². The highest BCUT2D eigenvalue weighted by Crippen LogP contribution is 2.41. The van der Waals surface area contributed by atoms with Gasteiger partial charge in [0, 0.05) is 62.1 Å². The van der Waals surface area contributed by atoms with E-state index in [1.807, 2.05) is 86.2 Å². The first-order valence-corrected chi connectivity index (χ1v) is 16.2. The number of benzene rings is 2. The highest BCUT2D eigenvalue weighted by atomic mass is 16.7. The number of piperidine rings is 1. The number of carbonyl (C=O) groups is 2. The van der Waals surface area contributed by atoms with Crippen LogP contribution in [-0.2, 0) is 26.1 Å².